The first kappa shape index (κ1) is 27.2. The molecule has 10 heteroatoms. The van der Waals surface area contributed by atoms with Gasteiger partial charge in [-0.2, -0.15) is 9.97 Å². The lowest BCUT2D eigenvalue weighted by Gasteiger charge is -2.47. The Morgan fingerprint density at radius 1 is 1.12 bits per heavy atom. The van der Waals surface area contributed by atoms with Gasteiger partial charge in [-0.3, -0.25) is 9.88 Å². The number of ether oxygens (including phenoxy) is 1. The van der Waals surface area contributed by atoms with Gasteiger partial charge in [-0.1, -0.05) is 24.3 Å². The van der Waals surface area contributed by atoms with Crippen LogP contribution in [0, 0.1) is 5.82 Å². The van der Waals surface area contributed by atoms with Crippen molar-refractivity contribution in [2.45, 2.75) is 55.8 Å². The van der Waals surface area contributed by atoms with E-state index in [1.807, 2.05) is 24.3 Å². The summed E-state index contributed by atoms with van der Waals surface area (Å²) in [6.45, 7) is 2.15. The summed E-state index contributed by atoms with van der Waals surface area (Å²) in [7, 11) is 4.15. The highest BCUT2D eigenvalue weighted by Crippen LogP contribution is 2.41. The second-order valence-electron chi connectivity index (χ2n) is 12.4. The molecule has 3 aliphatic rings. The van der Waals surface area contributed by atoms with E-state index in [-0.39, 0.29) is 40.7 Å². The first-order valence-electron chi connectivity index (χ1n) is 14.8. The van der Waals surface area contributed by atoms with Crippen LogP contribution in [0.2, 0.25) is 0 Å². The number of nitrogens with one attached hydrogen (secondary N) is 1. The summed E-state index contributed by atoms with van der Waals surface area (Å²) in [5.74, 6) is -0.135. The Bertz CT molecular complexity index is 1660. The predicted molar refractivity (Wildman–Crippen MR) is 159 cm³/mol. The number of rotatable bonds is 8. The van der Waals surface area contributed by atoms with Crippen molar-refractivity contribution in [3.05, 3.63) is 48.4 Å². The Labute approximate surface area is 243 Å². The van der Waals surface area contributed by atoms with Crippen LogP contribution in [0.25, 0.3) is 32.9 Å². The Morgan fingerprint density at radius 3 is 2.74 bits per heavy atom. The number of benzene rings is 2. The highest BCUT2D eigenvalue weighted by atomic mass is 19.1. The molecule has 0 radical (unpaired) electrons. The maximum atomic E-state index is 16.5. The number of hydrogen-bond acceptors (Lipinski definition) is 8. The zero-order chi connectivity index (χ0) is 29.1. The maximum Gasteiger partial charge on any atom is 0.319 e. The molecular weight excluding hydrogens is 538 g/mol. The summed E-state index contributed by atoms with van der Waals surface area (Å²) in [6, 6.07) is 10.7. The molecule has 0 bridgehead atoms. The molecular formula is C32H36F2N6O2. The van der Waals surface area contributed by atoms with Gasteiger partial charge in [0.1, 0.15) is 35.6 Å². The largest absolute Gasteiger partial charge is 0.508 e. The van der Waals surface area contributed by atoms with Gasteiger partial charge in [0, 0.05) is 36.8 Å². The van der Waals surface area contributed by atoms with Crippen LogP contribution < -0.4 is 10.1 Å². The Hall–Kier alpha value is -3.63. The topological polar surface area (TPSA) is 86.6 Å². The fourth-order valence-electron chi connectivity index (χ4n) is 7.18. The van der Waals surface area contributed by atoms with Crippen LogP contribution in [-0.2, 0) is 0 Å². The number of phenolic OH excluding ortho intramolecular Hbond substituents is 1. The third-order valence-electron chi connectivity index (χ3n) is 9.81. The second-order valence-corrected chi connectivity index (χ2v) is 12.4. The van der Waals surface area contributed by atoms with Gasteiger partial charge >= 0.3 is 6.01 Å². The van der Waals surface area contributed by atoms with Crippen molar-refractivity contribution in [3.63, 3.8) is 0 Å². The molecule has 0 unspecified atom stereocenters. The smallest absolute Gasteiger partial charge is 0.319 e. The van der Waals surface area contributed by atoms with Crippen molar-refractivity contribution < 1.29 is 18.6 Å². The van der Waals surface area contributed by atoms with Gasteiger partial charge in [-0.15, -0.1) is 0 Å². The molecule has 2 atom stereocenters. The van der Waals surface area contributed by atoms with Crippen LogP contribution in [-0.4, -0.2) is 87.4 Å². The molecule has 2 aromatic carbocycles. The standard InChI is InChI=1S/C32H36F2N6O2/c1-39(2)31(9-5-10-31)18-36-29-25-16-35-27(24-14-22(41)13-20-7-3-4-8-23(20)24)26(34)28(25)37-30(38-29)42-19-32-11-6-12-40(32)17-21(33)15-32/h3-4,7-8,13-14,16,21,41H,5-6,9-12,15,17-19H2,1-2H3,(H,36,37,38)/t21-,32+/m1/s1. The minimum Gasteiger partial charge on any atom is -0.508 e. The van der Waals surface area contributed by atoms with Crippen LogP contribution in [0.5, 0.6) is 11.8 Å². The van der Waals surface area contributed by atoms with E-state index in [0.29, 0.717) is 36.3 Å². The molecule has 2 N–H and O–H groups in total. The first-order valence-corrected chi connectivity index (χ1v) is 14.8. The highest BCUT2D eigenvalue weighted by Gasteiger charge is 2.49. The monoisotopic (exact) mass is 574 g/mol. The van der Waals surface area contributed by atoms with Crippen molar-refractivity contribution in [2.24, 2.45) is 0 Å². The minimum atomic E-state index is -0.878. The summed E-state index contributed by atoms with van der Waals surface area (Å²) in [6.07, 6.45) is 6.25. The predicted octanol–water partition coefficient (Wildman–Crippen LogP) is 5.54. The van der Waals surface area contributed by atoms with Gasteiger partial charge < -0.3 is 20.1 Å². The van der Waals surface area contributed by atoms with Gasteiger partial charge in [-0.25, -0.2) is 8.78 Å². The fraction of sp³-hybridized carbons (Fsp3) is 0.469. The molecule has 2 aliphatic heterocycles. The number of fused-ring (bicyclic) bond motifs is 3. The zero-order valence-electron chi connectivity index (χ0n) is 24.0. The van der Waals surface area contributed by atoms with E-state index in [1.165, 1.54) is 6.07 Å². The van der Waals surface area contributed by atoms with Gasteiger partial charge in [0.2, 0.25) is 0 Å². The molecule has 2 aromatic heterocycles. The number of pyridine rings is 1. The van der Waals surface area contributed by atoms with Gasteiger partial charge in [0.15, 0.2) is 5.82 Å². The normalized spacial score (nSPS) is 23.4. The molecule has 1 aliphatic carbocycles. The maximum absolute atomic E-state index is 16.5. The number of hydrogen-bond donors (Lipinski definition) is 2. The number of nitrogens with zero attached hydrogens (tertiary/aromatic N) is 5. The van der Waals surface area contributed by atoms with Gasteiger partial charge in [0.25, 0.3) is 0 Å². The summed E-state index contributed by atoms with van der Waals surface area (Å²) in [4.78, 5) is 18.2. The van der Waals surface area contributed by atoms with Crippen LogP contribution in [0.3, 0.4) is 0 Å². The third kappa shape index (κ3) is 4.52. The molecule has 0 amide bonds. The zero-order valence-corrected chi connectivity index (χ0v) is 24.0. The van der Waals surface area contributed by atoms with E-state index >= 15 is 4.39 Å². The molecule has 42 heavy (non-hydrogen) atoms. The van der Waals surface area contributed by atoms with Crippen molar-refractivity contribution >= 4 is 27.5 Å². The average molecular weight is 575 g/mol. The third-order valence-corrected chi connectivity index (χ3v) is 9.81. The number of phenols is 1. The lowest BCUT2D eigenvalue weighted by Crippen LogP contribution is -2.54. The van der Waals surface area contributed by atoms with E-state index in [1.54, 1.807) is 12.3 Å². The minimum absolute atomic E-state index is 0.00597. The summed E-state index contributed by atoms with van der Waals surface area (Å²) >= 11 is 0. The first-order chi connectivity index (χ1) is 20.3. The number of alkyl halides is 1. The molecule has 0 spiro atoms. The second kappa shape index (κ2) is 10.3. The molecule has 4 heterocycles. The highest BCUT2D eigenvalue weighted by molar-refractivity contribution is 5.99. The molecule has 1 saturated carbocycles. The lowest BCUT2D eigenvalue weighted by atomic mass is 9.75. The Balaban J connectivity index is 1.30. The summed E-state index contributed by atoms with van der Waals surface area (Å²) in [5, 5.41) is 15.9. The Morgan fingerprint density at radius 2 is 1.95 bits per heavy atom. The fourth-order valence-corrected chi connectivity index (χ4v) is 7.18. The quantitative estimate of drug-likeness (QED) is 0.284. The SMILES string of the molecule is CN(C)C1(CNc2nc(OC[C@@]34CCCN3C[C@H](F)C4)nc3c(F)c(-c4cc(O)cc5ccccc45)ncc23)CCC1. The molecule has 3 fully saturated rings. The van der Waals surface area contributed by atoms with E-state index < -0.39 is 12.0 Å². The molecule has 2 saturated heterocycles. The number of halogens is 2. The van der Waals surface area contributed by atoms with E-state index in [0.717, 1.165) is 49.4 Å². The van der Waals surface area contributed by atoms with E-state index in [2.05, 4.69) is 39.2 Å². The molecule has 7 rings (SSSR count). The van der Waals surface area contributed by atoms with Crippen molar-refractivity contribution in [2.75, 3.05) is 45.7 Å². The average Bonchev–Trinajstić information content (AvgIpc) is 3.47. The van der Waals surface area contributed by atoms with Crippen LogP contribution in [0.15, 0.2) is 42.6 Å². The number of aromatic nitrogens is 3. The van der Waals surface area contributed by atoms with Crippen LogP contribution in [0.1, 0.15) is 38.5 Å². The van der Waals surface area contributed by atoms with E-state index in [4.69, 9.17) is 9.72 Å². The van der Waals surface area contributed by atoms with Crippen molar-refractivity contribution in [3.8, 4) is 23.0 Å². The van der Waals surface area contributed by atoms with E-state index in [9.17, 15) is 9.50 Å². The van der Waals surface area contributed by atoms with Crippen LogP contribution >= 0.6 is 0 Å². The number of aromatic hydroxyl groups is 1. The van der Waals surface area contributed by atoms with Crippen molar-refractivity contribution in [1.29, 1.82) is 0 Å². The molecule has 4 aromatic rings. The van der Waals surface area contributed by atoms with Crippen molar-refractivity contribution in [1.82, 2.24) is 24.8 Å². The number of anilines is 1. The van der Waals surface area contributed by atoms with Gasteiger partial charge in [-0.05, 0) is 75.6 Å². The number of likely N-dealkylation sites (N-methyl/N-ethyl adjacent to an activating group) is 1. The lowest BCUT2D eigenvalue weighted by molar-refractivity contribution is 0.0738. The molecule has 8 nitrogen and oxygen atoms in total. The van der Waals surface area contributed by atoms with Crippen LogP contribution in [0.4, 0.5) is 14.6 Å². The summed E-state index contributed by atoms with van der Waals surface area (Å²) < 4.78 is 37.1. The Kier molecular flexibility index (Phi) is 6.66. The summed E-state index contributed by atoms with van der Waals surface area (Å²) in [5.41, 5.74) is 0.262. The van der Waals surface area contributed by atoms with Gasteiger partial charge in [0.05, 0.1) is 10.9 Å². The molecule has 220 valence electrons.